The van der Waals surface area contributed by atoms with Crippen molar-refractivity contribution in [2.24, 2.45) is 11.8 Å². The summed E-state index contributed by atoms with van der Waals surface area (Å²) in [6.07, 6.45) is 4.19. The molecule has 4 atom stereocenters. The number of cyclic esters (lactones) is 1. The number of nitrogens with zero attached hydrogens (tertiary/aromatic N) is 3. The van der Waals surface area contributed by atoms with Crippen molar-refractivity contribution in [3.8, 4) is 11.4 Å². The Bertz CT molecular complexity index is 3440. The van der Waals surface area contributed by atoms with Crippen molar-refractivity contribution in [1.82, 2.24) is 51.7 Å². The summed E-state index contributed by atoms with van der Waals surface area (Å²) >= 11 is 0. The van der Waals surface area contributed by atoms with E-state index in [0.29, 0.717) is 54.9 Å². The number of carbonyl (C=O) groups excluding carboxylic acids is 11. The molecule has 0 spiro atoms. The molecular formula is C62H79FN10O19. The van der Waals surface area contributed by atoms with E-state index in [1.54, 1.807) is 24.5 Å². The van der Waals surface area contributed by atoms with Crippen LogP contribution in [0, 0.1) is 24.6 Å². The molecule has 498 valence electrons. The minimum atomic E-state index is -2.02. The lowest BCUT2D eigenvalue weighted by Gasteiger charge is -2.41. The quantitative estimate of drug-likeness (QED) is 0.0146. The lowest BCUT2D eigenvalue weighted by atomic mass is 9.72. The Morgan fingerprint density at radius 1 is 0.707 bits per heavy atom. The number of carbonyl (C=O) groups is 11. The highest BCUT2D eigenvalue weighted by molar-refractivity contribution is 6.13. The number of benzene rings is 1. The molecular weight excluding hydrogens is 1210 g/mol. The first kappa shape index (κ1) is 69.5. The molecule has 4 aliphatic heterocycles. The molecule has 29 nitrogen and oxygen atoms in total. The van der Waals surface area contributed by atoms with Gasteiger partial charge in [0.15, 0.2) is 11.4 Å². The Morgan fingerprint density at radius 2 is 1.26 bits per heavy atom. The summed E-state index contributed by atoms with van der Waals surface area (Å²) in [5.74, 6) is -7.06. The number of aromatic nitrogens is 2. The number of aryl methyl sites for hydroxylation is 1. The normalized spacial score (nSPS) is 18.0. The largest absolute Gasteiger partial charge is 0.458 e. The van der Waals surface area contributed by atoms with Crippen LogP contribution in [-0.4, -0.2) is 202 Å². The highest BCUT2D eigenvalue weighted by Gasteiger charge is 2.48. The SMILES string of the molecule is CC[C@]1(O)C(=O)OCc2c1cc1n(c2=O)Cc2c-1nc1cc(F)c(C)c3c1c2[C@H](C[C@@H](C)C(C)CC(=O)C1(NC(=O)CNC(=O)CNC(=O)CNC(=O)CNC(=O)CNC(=O)CCOCCOCCOCCOCCNC(=O)CCN2C(=O)C=CC2=O)COC1)CC3. The van der Waals surface area contributed by atoms with Crippen molar-refractivity contribution in [3.05, 3.63) is 73.8 Å². The molecule has 8 N–H and O–H groups in total. The van der Waals surface area contributed by atoms with E-state index in [4.69, 9.17) is 33.4 Å². The number of aliphatic hydroxyl groups is 1. The third-order valence-corrected chi connectivity index (χ3v) is 17.1. The van der Waals surface area contributed by atoms with Crippen LogP contribution < -0.4 is 42.8 Å². The molecule has 0 radical (unpaired) electrons. The smallest absolute Gasteiger partial charge is 0.343 e. The first-order valence-corrected chi connectivity index (χ1v) is 30.7. The second-order valence-corrected chi connectivity index (χ2v) is 23.3. The Kier molecular flexibility index (Phi) is 24.0. The molecule has 92 heavy (non-hydrogen) atoms. The van der Waals surface area contributed by atoms with Gasteiger partial charge in [0.05, 0.1) is 128 Å². The second kappa shape index (κ2) is 31.7. The third-order valence-electron chi connectivity index (χ3n) is 17.1. The molecule has 30 heteroatoms. The molecule has 1 aliphatic carbocycles. The van der Waals surface area contributed by atoms with Crippen LogP contribution in [0.5, 0.6) is 0 Å². The molecule has 1 unspecified atom stereocenters. The monoisotopic (exact) mass is 1290 g/mol. The number of Topliss-reactive ketones (excluding diaryl/α,β-unsaturated/α-hetero) is 1. The lowest BCUT2D eigenvalue weighted by molar-refractivity contribution is -0.172. The number of pyridine rings is 2. The van der Waals surface area contributed by atoms with E-state index < -0.39 is 108 Å². The standard InChI is InChI=1S/C62H79FN10O19/c1-5-62(86)42-24-45-58-40(31-73(45)59(84)41(42)32-92-60(62)85)56-38(6-7-39-37(4)43(63)25-44(70-58)57(39)56)22-35(2)36(3)23-46(74)61(33-91-34-61)71-53(81)30-69-52(80)29-68-51(79)28-67-50(78)27-66-49(77)26-65-48(76)11-14-87-16-18-89-20-21-90-19-17-88-15-12-64-47(75)10-13-72-54(82)8-9-55(72)83/h8-9,24-25,35-36,38,86H,5-7,10-23,26-34H2,1-4H3,(H,64,75)(H,65,76)(H,66,77)(H,67,78)(H,68,79)(H,69,80)(H,71,81)/t35-,36?,38+,62-/m1/s1. The zero-order valence-electron chi connectivity index (χ0n) is 51.9. The molecule has 1 aromatic carbocycles. The average Bonchev–Trinajstić information content (AvgIpc) is 1.48. The molecule has 9 amide bonds. The van der Waals surface area contributed by atoms with Crippen LogP contribution in [0.15, 0.2) is 29.1 Å². The number of hydrogen-bond acceptors (Lipinski definition) is 20. The van der Waals surface area contributed by atoms with E-state index in [0.717, 1.165) is 39.1 Å². The van der Waals surface area contributed by atoms with Gasteiger partial charge in [-0.25, -0.2) is 14.2 Å². The summed E-state index contributed by atoms with van der Waals surface area (Å²) in [5, 5.41) is 29.4. The first-order valence-electron chi connectivity index (χ1n) is 30.7. The summed E-state index contributed by atoms with van der Waals surface area (Å²) in [7, 11) is 0. The fourth-order valence-corrected chi connectivity index (χ4v) is 11.6. The lowest BCUT2D eigenvalue weighted by Crippen LogP contribution is -2.68. The van der Waals surface area contributed by atoms with Crippen LogP contribution in [0.1, 0.15) is 98.6 Å². The molecule has 6 heterocycles. The second-order valence-electron chi connectivity index (χ2n) is 23.3. The highest BCUT2D eigenvalue weighted by Crippen LogP contribution is 2.49. The van der Waals surface area contributed by atoms with Gasteiger partial charge < -0.3 is 75.3 Å². The number of ether oxygens (including phenoxy) is 6. The zero-order chi connectivity index (χ0) is 66.3. The molecule has 3 aromatic rings. The van der Waals surface area contributed by atoms with Crippen LogP contribution in [0.3, 0.4) is 0 Å². The Balaban J connectivity index is 0.658. The van der Waals surface area contributed by atoms with Gasteiger partial charge >= 0.3 is 5.97 Å². The van der Waals surface area contributed by atoms with Crippen molar-refractivity contribution in [2.45, 2.75) is 103 Å². The van der Waals surface area contributed by atoms with Crippen molar-refractivity contribution in [1.29, 1.82) is 0 Å². The van der Waals surface area contributed by atoms with Crippen LogP contribution in [0.2, 0.25) is 0 Å². The Morgan fingerprint density at radius 3 is 1.84 bits per heavy atom. The maximum Gasteiger partial charge on any atom is 0.343 e. The van der Waals surface area contributed by atoms with Crippen LogP contribution in [0.4, 0.5) is 4.39 Å². The molecule has 2 aromatic heterocycles. The summed E-state index contributed by atoms with van der Waals surface area (Å²) in [5.41, 5.74) is 1.07. The maximum atomic E-state index is 15.5. The Hall–Kier alpha value is -8.42. The fraction of sp³-hybridized carbons (Fsp3) is 0.565. The molecule has 8 rings (SSSR count). The van der Waals surface area contributed by atoms with E-state index in [1.807, 2.05) is 13.8 Å². The van der Waals surface area contributed by atoms with Crippen molar-refractivity contribution in [3.63, 3.8) is 0 Å². The van der Waals surface area contributed by atoms with E-state index in [9.17, 15) is 62.6 Å². The van der Waals surface area contributed by atoms with Crippen molar-refractivity contribution < 1.29 is 90.7 Å². The van der Waals surface area contributed by atoms with Gasteiger partial charge in [0.2, 0.25) is 41.4 Å². The van der Waals surface area contributed by atoms with E-state index in [-0.39, 0.29) is 145 Å². The number of amides is 9. The van der Waals surface area contributed by atoms with Crippen LogP contribution in [0.25, 0.3) is 22.3 Å². The molecule has 0 bridgehead atoms. The summed E-state index contributed by atoms with van der Waals surface area (Å²) in [4.78, 5) is 157. The number of esters is 1. The van der Waals surface area contributed by atoms with Gasteiger partial charge in [-0.15, -0.1) is 0 Å². The number of nitrogens with one attached hydrogen (secondary N) is 7. The highest BCUT2D eigenvalue weighted by atomic mass is 19.1. The predicted octanol–water partition coefficient (Wildman–Crippen LogP) is -1.47. The summed E-state index contributed by atoms with van der Waals surface area (Å²) < 4.78 is 49.4. The minimum absolute atomic E-state index is 0.00549. The van der Waals surface area contributed by atoms with Crippen LogP contribution in [-0.2, 0) is 106 Å². The average molecular weight is 1290 g/mol. The van der Waals surface area contributed by atoms with Gasteiger partial charge in [-0.2, -0.15) is 0 Å². The van der Waals surface area contributed by atoms with Gasteiger partial charge in [-0.3, -0.25) is 57.6 Å². The number of imide groups is 1. The van der Waals surface area contributed by atoms with E-state index in [2.05, 4.69) is 37.2 Å². The molecule has 5 aliphatic rings. The number of rotatable bonds is 36. The predicted molar refractivity (Wildman–Crippen MR) is 321 cm³/mol. The van der Waals surface area contributed by atoms with Gasteiger partial charge in [0, 0.05) is 67.1 Å². The topological polar surface area (TPSA) is 386 Å². The first-order chi connectivity index (χ1) is 44.0. The Labute approximate surface area is 528 Å². The number of halogens is 1. The number of hydrogen-bond donors (Lipinski definition) is 8. The molecule has 1 fully saturated rings. The van der Waals surface area contributed by atoms with Crippen LogP contribution >= 0.6 is 0 Å². The summed E-state index contributed by atoms with van der Waals surface area (Å²) in [6, 6.07) is 3.05. The number of fused-ring (bicyclic) bond motifs is 5. The maximum absolute atomic E-state index is 15.5. The van der Waals surface area contributed by atoms with Crippen molar-refractivity contribution >= 4 is 75.8 Å². The van der Waals surface area contributed by atoms with Gasteiger partial charge in [0.25, 0.3) is 17.4 Å². The van der Waals surface area contributed by atoms with Gasteiger partial charge in [0.1, 0.15) is 18.0 Å². The minimum Gasteiger partial charge on any atom is -0.458 e. The number of ketones is 1. The fourth-order valence-electron chi connectivity index (χ4n) is 11.6. The summed E-state index contributed by atoms with van der Waals surface area (Å²) in [6.45, 7) is 6.73. The van der Waals surface area contributed by atoms with Gasteiger partial charge in [-0.1, -0.05) is 20.8 Å². The third kappa shape index (κ3) is 17.0. The van der Waals surface area contributed by atoms with E-state index >= 15 is 4.39 Å². The molecule has 1 saturated heterocycles. The van der Waals surface area contributed by atoms with E-state index in [1.165, 1.54) is 6.07 Å². The molecule has 0 saturated carbocycles. The van der Waals surface area contributed by atoms with Gasteiger partial charge in [-0.05, 0) is 73.1 Å². The zero-order valence-corrected chi connectivity index (χ0v) is 51.9. The van der Waals surface area contributed by atoms with Crippen molar-refractivity contribution in [2.75, 3.05) is 112 Å².